The number of aryl methyl sites for hydroxylation is 1. The molecule has 0 spiro atoms. The summed E-state index contributed by atoms with van der Waals surface area (Å²) in [6, 6.07) is 12.4. The van der Waals surface area contributed by atoms with Crippen LogP contribution in [-0.2, 0) is 16.1 Å². The molecule has 8 nitrogen and oxygen atoms in total. The molecule has 8 heteroatoms. The van der Waals surface area contributed by atoms with Crippen molar-refractivity contribution in [1.29, 1.82) is 0 Å². The lowest BCUT2D eigenvalue weighted by molar-refractivity contribution is -0.117. The minimum atomic E-state index is -1.08. The Labute approximate surface area is 180 Å². The number of likely N-dealkylation sites (tertiary alicyclic amines) is 1. The summed E-state index contributed by atoms with van der Waals surface area (Å²) >= 11 is 0. The largest absolute Gasteiger partial charge is 0.478 e. The minimum Gasteiger partial charge on any atom is -0.478 e. The fourth-order valence-electron chi connectivity index (χ4n) is 4.23. The number of piperidine rings is 1. The van der Waals surface area contributed by atoms with Gasteiger partial charge in [0, 0.05) is 24.7 Å². The monoisotopic (exact) mass is 423 g/mol. The molecule has 1 fully saturated rings. The number of ether oxygens (including phenoxy) is 1. The van der Waals surface area contributed by atoms with Crippen LogP contribution in [0.25, 0.3) is 0 Å². The van der Waals surface area contributed by atoms with Crippen molar-refractivity contribution in [3.8, 4) is 0 Å². The summed E-state index contributed by atoms with van der Waals surface area (Å²) in [5.41, 5.74) is 3.40. The van der Waals surface area contributed by atoms with Crippen molar-refractivity contribution < 1.29 is 24.2 Å². The van der Waals surface area contributed by atoms with Crippen molar-refractivity contribution >= 4 is 29.3 Å². The predicted octanol–water partition coefficient (Wildman–Crippen LogP) is 3.25. The highest BCUT2D eigenvalue weighted by Crippen LogP contribution is 2.32. The van der Waals surface area contributed by atoms with Crippen LogP contribution in [0.15, 0.2) is 42.5 Å². The van der Waals surface area contributed by atoms with Crippen LogP contribution in [0, 0.1) is 6.92 Å². The van der Waals surface area contributed by atoms with E-state index in [1.54, 1.807) is 23.1 Å². The number of carboxylic acids is 1. The number of benzene rings is 2. The molecule has 2 heterocycles. The van der Waals surface area contributed by atoms with Crippen LogP contribution < -0.4 is 10.2 Å². The lowest BCUT2D eigenvalue weighted by Gasteiger charge is -2.40. The summed E-state index contributed by atoms with van der Waals surface area (Å²) in [5, 5.41) is 11.9. The third-order valence-electron chi connectivity index (χ3n) is 5.76. The van der Waals surface area contributed by atoms with E-state index < -0.39 is 5.97 Å². The zero-order chi connectivity index (χ0) is 22.0. The molecule has 0 bridgehead atoms. The second kappa shape index (κ2) is 8.77. The van der Waals surface area contributed by atoms with Gasteiger partial charge < -0.3 is 15.2 Å². The summed E-state index contributed by atoms with van der Waals surface area (Å²) < 4.78 is 5.37. The van der Waals surface area contributed by atoms with Crippen LogP contribution in [0.3, 0.4) is 0 Å². The Bertz CT molecular complexity index is 1010. The van der Waals surface area contributed by atoms with E-state index in [-0.39, 0.29) is 35.8 Å². The quantitative estimate of drug-likeness (QED) is 0.766. The normalized spacial score (nSPS) is 17.1. The van der Waals surface area contributed by atoms with Crippen molar-refractivity contribution in [3.63, 3.8) is 0 Å². The highest BCUT2D eigenvalue weighted by Gasteiger charge is 2.34. The molecule has 0 aromatic heterocycles. The first-order chi connectivity index (χ1) is 14.9. The first kappa shape index (κ1) is 20.9. The summed E-state index contributed by atoms with van der Waals surface area (Å²) in [4.78, 5) is 40.0. The molecule has 0 radical (unpaired) electrons. The standard InChI is InChI=1S/C23H25N3O5/c1-15-6-7-20-16(12-15)14-31-23(30)26(20)17-8-10-25(11-9-17)13-21(27)24-19-5-3-2-4-18(19)22(28)29/h2-7,12,17H,8-11,13-14H2,1H3,(H,24,27)(H,28,29). The van der Waals surface area contributed by atoms with Crippen LogP contribution in [0.5, 0.6) is 0 Å². The van der Waals surface area contributed by atoms with E-state index in [1.807, 2.05) is 30.0 Å². The van der Waals surface area contributed by atoms with Gasteiger partial charge in [-0.2, -0.15) is 0 Å². The molecular formula is C23H25N3O5. The Hall–Kier alpha value is -3.39. The third-order valence-corrected chi connectivity index (χ3v) is 5.76. The van der Waals surface area contributed by atoms with E-state index in [4.69, 9.17) is 4.74 Å². The molecule has 0 unspecified atom stereocenters. The number of carbonyl (C=O) groups is 3. The molecule has 2 amide bonds. The number of para-hydroxylation sites is 1. The third kappa shape index (κ3) is 4.54. The molecule has 2 aromatic rings. The molecule has 0 atom stereocenters. The second-order valence-electron chi connectivity index (χ2n) is 7.96. The van der Waals surface area contributed by atoms with Crippen molar-refractivity contribution in [2.45, 2.75) is 32.4 Å². The number of nitrogens with zero attached hydrogens (tertiary/aromatic N) is 2. The molecule has 31 heavy (non-hydrogen) atoms. The molecule has 0 aliphatic carbocycles. The fraction of sp³-hybridized carbons (Fsp3) is 0.348. The van der Waals surface area contributed by atoms with Crippen LogP contribution in [0.1, 0.15) is 34.3 Å². The smallest absolute Gasteiger partial charge is 0.414 e. The average Bonchev–Trinajstić information content (AvgIpc) is 2.75. The van der Waals surface area contributed by atoms with Gasteiger partial charge in [-0.15, -0.1) is 0 Å². The maximum Gasteiger partial charge on any atom is 0.414 e. The van der Waals surface area contributed by atoms with Gasteiger partial charge in [0.25, 0.3) is 0 Å². The zero-order valence-electron chi connectivity index (χ0n) is 17.3. The highest BCUT2D eigenvalue weighted by molar-refractivity contribution is 6.01. The van der Waals surface area contributed by atoms with Crippen molar-refractivity contribution in [2.24, 2.45) is 0 Å². The number of cyclic esters (lactones) is 1. The van der Waals surface area contributed by atoms with Gasteiger partial charge in [0.2, 0.25) is 5.91 Å². The van der Waals surface area contributed by atoms with E-state index >= 15 is 0 Å². The summed E-state index contributed by atoms with van der Waals surface area (Å²) in [5.74, 6) is -1.34. The van der Waals surface area contributed by atoms with Gasteiger partial charge in [-0.25, -0.2) is 9.59 Å². The summed E-state index contributed by atoms with van der Waals surface area (Å²) in [6.45, 7) is 3.79. The number of aromatic carboxylic acids is 1. The average molecular weight is 423 g/mol. The maximum absolute atomic E-state index is 12.5. The molecule has 2 aliphatic rings. The number of nitrogens with one attached hydrogen (secondary N) is 1. The first-order valence-electron chi connectivity index (χ1n) is 10.3. The SMILES string of the molecule is Cc1ccc2c(c1)COC(=O)N2C1CCN(CC(=O)Nc2ccccc2C(=O)O)CC1. The van der Waals surface area contributed by atoms with Crippen molar-refractivity contribution in [3.05, 3.63) is 59.2 Å². The molecule has 4 rings (SSSR count). The molecule has 2 N–H and O–H groups in total. The molecule has 1 saturated heterocycles. The van der Waals surface area contributed by atoms with Gasteiger partial charge in [-0.1, -0.05) is 29.8 Å². The molecule has 2 aromatic carbocycles. The first-order valence-corrected chi connectivity index (χ1v) is 10.3. The second-order valence-corrected chi connectivity index (χ2v) is 7.96. The maximum atomic E-state index is 12.5. The Morgan fingerprint density at radius 2 is 1.90 bits per heavy atom. The van der Waals surface area contributed by atoms with Crippen LogP contribution in [0.2, 0.25) is 0 Å². The van der Waals surface area contributed by atoms with Gasteiger partial charge in [0.1, 0.15) is 6.61 Å². The van der Waals surface area contributed by atoms with E-state index in [0.29, 0.717) is 19.7 Å². The number of rotatable bonds is 5. The van der Waals surface area contributed by atoms with Gasteiger partial charge in [-0.05, 0) is 38.0 Å². The van der Waals surface area contributed by atoms with Crippen molar-refractivity contribution in [2.75, 3.05) is 29.9 Å². The van der Waals surface area contributed by atoms with Gasteiger partial charge in [0.15, 0.2) is 0 Å². The van der Waals surface area contributed by atoms with Crippen LogP contribution in [0.4, 0.5) is 16.2 Å². The van der Waals surface area contributed by atoms with Crippen molar-refractivity contribution in [1.82, 2.24) is 4.90 Å². The summed E-state index contributed by atoms with van der Waals surface area (Å²) in [7, 11) is 0. The molecule has 162 valence electrons. The number of hydrogen-bond acceptors (Lipinski definition) is 5. The Morgan fingerprint density at radius 1 is 1.16 bits per heavy atom. The number of anilines is 2. The molecule has 2 aliphatic heterocycles. The minimum absolute atomic E-state index is 0.0151. The highest BCUT2D eigenvalue weighted by atomic mass is 16.6. The zero-order valence-corrected chi connectivity index (χ0v) is 17.3. The topological polar surface area (TPSA) is 99.2 Å². The molecular weight excluding hydrogens is 398 g/mol. The fourth-order valence-corrected chi connectivity index (χ4v) is 4.23. The molecule has 0 saturated carbocycles. The number of amides is 2. The van der Waals surface area contributed by atoms with E-state index in [2.05, 4.69) is 5.32 Å². The van der Waals surface area contributed by atoms with E-state index in [9.17, 15) is 19.5 Å². The Balaban J connectivity index is 1.36. The van der Waals surface area contributed by atoms with E-state index in [1.165, 1.54) is 6.07 Å². The van der Waals surface area contributed by atoms with Gasteiger partial charge >= 0.3 is 12.1 Å². The predicted molar refractivity (Wildman–Crippen MR) is 115 cm³/mol. The Morgan fingerprint density at radius 3 is 2.65 bits per heavy atom. The van der Waals surface area contributed by atoms with Gasteiger partial charge in [-0.3, -0.25) is 14.6 Å². The number of hydrogen-bond donors (Lipinski definition) is 2. The Kier molecular flexibility index (Phi) is 5.90. The van der Waals surface area contributed by atoms with Crippen LogP contribution in [-0.4, -0.2) is 53.7 Å². The van der Waals surface area contributed by atoms with E-state index in [0.717, 1.165) is 29.7 Å². The number of fused-ring (bicyclic) bond motifs is 1. The van der Waals surface area contributed by atoms with Crippen LogP contribution >= 0.6 is 0 Å². The number of carbonyl (C=O) groups excluding carboxylic acids is 2. The number of carboxylic acid groups (broad SMARTS) is 1. The lowest BCUT2D eigenvalue weighted by Crippen LogP contribution is -2.50. The summed E-state index contributed by atoms with van der Waals surface area (Å²) in [6.07, 6.45) is 1.13. The van der Waals surface area contributed by atoms with Gasteiger partial charge in [0.05, 0.1) is 23.5 Å². The lowest BCUT2D eigenvalue weighted by atomic mass is 10.00.